The second-order valence-electron chi connectivity index (χ2n) is 4.50. The standard InChI is InChI=1S/C13H17N3O4S/c1-9(10-3-5-12(20-2)6-4-10)16-21(18,19)13-11(8-17)7-14-15-13/h3-7,9,16-17H,8H2,1-2H3,(H,14,15). The Hall–Kier alpha value is -1.90. The maximum absolute atomic E-state index is 12.3. The number of benzene rings is 1. The van der Waals surface area contributed by atoms with Gasteiger partial charge in [0, 0.05) is 11.6 Å². The number of sulfonamides is 1. The number of aliphatic hydroxyl groups is 1. The van der Waals surface area contributed by atoms with Crippen molar-refractivity contribution in [3.05, 3.63) is 41.6 Å². The molecule has 0 amide bonds. The molecular formula is C13H17N3O4S. The van der Waals surface area contributed by atoms with Crippen LogP contribution in [-0.4, -0.2) is 30.8 Å². The Bertz CT molecular complexity index is 694. The van der Waals surface area contributed by atoms with E-state index in [9.17, 15) is 8.42 Å². The fraction of sp³-hybridized carbons (Fsp3) is 0.308. The number of rotatable bonds is 6. The Morgan fingerprint density at radius 2 is 2.05 bits per heavy atom. The highest BCUT2D eigenvalue weighted by Crippen LogP contribution is 2.20. The summed E-state index contributed by atoms with van der Waals surface area (Å²) in [5.41, 5.74) is 1.02. The second kappa shape index (κ2) is 6.25. The second-order valence-corrected chi connectivity index (χ2v) is 6.15. The monoisotopic (exact) mass is 311 g/mol. The van der Waals surface area contributed by atoms with Crippen LogP contribution < -0.4 is 9.46 Å². The number of hydrogen-bond acceptors (Lipinski definition) is 5. The lowest BCUT2D eigenvalue weighted by molar-refractivity contribution is 0.278. The van der Waals surface area contributed by atoms with Gasteiger partial charge in [-0.2, -0.15) is 5.10 Å². The van der Waals surface area contributed by atoms with Gasteiger partial charge in [0.15, 0.2) is 5.03 Å². The maximum atomic E-state index is 12.3. The third kappa shape index (κ3) is 3.41. The average molecular weight is 311 g/mol. The van der Waals surface area contributed by atoms with Crippen molar-refractivity contribution in [1.29, 1.82) is 0 Å². The summed E-state index contributed by atoms with van der Waals surface area (Å²) in [7, 11) is -2.22. The van der Waals surface area contributed by atoms with Crippen LogP contribution in [0, 0.1) is 0 Å². The van der Waals surface area contributed by atoms with Gasteiger partial charge in [0.2, 0.25) is 0 Å². The van der Waals surface area contributed by atoms with Crippen molar-refractivity contribution in [2.24, 2.45) is 0 Å². The van der Waals surface area contributed by atoms with E-state index in [4.69, 9.17) is 9.84 Å². The van der Waals surface area contributed by atoms with Crippen LogP contribution in [0.15, 0.2) is 35.5 Å². The fourth-order valence-corrected chi connectivity index (χ4v) is 3.25. The molecule has 2 rings (SSSR count). The molecular weight excluding hydrogens is 294 g/mol. The highest BCUT2D eigenvalue weighted by Gasteiger charge is 2.23. The molecule has 0 aliphatic carbocycles. The summed E-state index contributed by atoms with van der Waals surface area (Å²) in [6, 6.07) is 6.65. The number of ether oxygens (including phenoxy) is 1. The van der Waals surface area contributed by atoms with Gasteiger partial charge in [-0.25, -0.2) is 13.1 Å². The third-order valence-corrected chi connectivity index (χ3v) is 4.62. The zero-order chi connectivity index (χ0) is 15.5. The van der Waals surface area contributed by atoms with Crippen molar-refractivity contribution in [1.82, 2.24) is 14.9 Å². The van der Waals surface area contributed by atoms with Crippen LogP contribution >= 0.6 is 0 Å². The molecule has 0 aliphatic heterocycles. The summed E-state index contributed by atoms with van der Waals surface area (Å²) in [6.45, 7) is 1.33. The first-order valence-electron chi connectivity index (χ1n) is 6.27. The molecule has 2 aromatic rings. The van der Waals surface area contributed by atoms with Gasteiger partial charge in [-0.05, 0) is 24.6 Å². The zero-order valence-corrected chi connectivity index (χ0v) is 12.5. The number of nitrogens with one attached hydrogen (secondary N) is 2. The minimum Gasteiger partial charge on any atom is -0.497 e. The van der Waals surface area contributed by atoms with Gasteiger partial charge in [0.05, 0.1) is 19.9 Å². The Morgan fingerprint density at radius 3 is 2.62 bits per heavy atom. The molecule has 21 heavy (non-hydrogen) atoms. The van der Waals surface area contributed by atoms with Gasteiger partial charge >= 0.3 is 0 Å². The summed E-state index contributed by atoms with van der Waals surface area (Å²) in [6.07, 6.45) is 1.28. The molecule has 0 saturated carbocycles. The maximum Gasteiger partial charge on any atom is 0.258 e. The van der Waals surface area contributed by atoms with Crippen LogP contribution in [0.25, 0.3) is 0 Å². The molecule has 1 aromatic carbocycles. The number of aromatic nitrogens is 2. The van der Waals surface area contributed by atoms with E-state index in [2.05, 4.69) is 14.9 Å². The topological polar surface area (TPSA) is 104 Å². The predicted octanol–water partition coefficient (Wildman–Crippen LogP) is 0.950. The quantitative estimate of drug-likeness (QED) is 0.737. The van der Waals surface area contributed by atoms with Gasteiger partial charge in [-0.3, -0.25) is 5.10 Å². The van der Waals surface area contributed by atoms with Crippen molar-refractivity contribution in [2.45, 2.75) is 24.6 Å². The molecule has 1 unspecified atom stereocenters. The predicted molar refractivity (Wildman–Crippen MR) is 76.2 cm³/mol. The Labute approximate surface area is 123 Å². The first-order chi connectivity index (χ1) is 9.97. The number of aromatic amines is 1. The van der Waals surface area contributed by atoms with Gasteiger partial charge in [-0.1, -0.05) is 12.1 Å². The fourth-order valence-electron chi connectivity index (χ4n) is 1.90. The lowest BCUT2D eigenvalue weighted by Gasteiger charge is -2.14. The van der Waals surface area contributed by atoms with E-state index in [0.29, 0.717) is 5.75 Å². The lowest BCUT2D eigenvalue weighted by Crippen LogP contribution is -2.28. The summed E-state index contributed by atoms with van der Waals surface area (Å²) in [4.78, 5) is 0. The Morgan fingerprint density at radius 1 is 1.38 bits per heavy atom. The zero-order valence-electron chi connectivity index (χ0n) is 11.7. The van der Waals surface area contributed by atoms with E-state index >= 15 is 0 Å². The molecule has 3 N–H and O–H groups in total. The van der Waals surface area contributed by atoms with Crippen molar-refractivity contribution < 1.29 is 18.3 Å². The first kappa shape index (κ1) is 15.5. The average Bonchev–Trinajstić information content (AvgIpc) is 2.96. The van der Waals surface area contributed by atoms with Gasteiger partial charge in [-0.15, -0.1) is 0 Å². The van der Waals surface area contributed by atoms with Crippen molar-refractivity contribution >= 4 is 10.0 Å². The molecule has 0 saturated heterocycles. The molecule has 8 heteroatoms. The normalized spacial score (nSPS) is 13.1. The molecule has 7 nitrogen and oxygen atoms in total. The highest BCUT2D eigenvalue weighted by atomic mass is 32.2. The summed E-state index contributed by atoms with van der Waals surface area (Å²) in [5.74, 6) is 0.699. The molecule has 0 spiro atoms. The van der Waals surface area contributed by atoms with Crippen LogP contribution in [0.2, 0.25) is 0 Å². The van der Waals surface area contributed by atoms with Crippen LogP contribution in [0.4, 0.5) is 0 Å². The largest absolute Gasteiger partial charge is 0.497 e. The first-order valence-corrected chi connectivity index (χ1v) is 7.75. The third-order valence-electron chi connectivity index (χ3n) is 3.06. The smallest absolute Gasteiger partial charge is 0.258 e. The molecule has 1 heterocycles. The van der Waals surface area contributed by atoms with Gasteiger partial charge < -0.3 is 9.84 Å². The van der Waals surface area contributed by atoms with E-state index in [1.54, 1.807) is 38.3 Å². The van der Waals surface area contributed by atoms with Crippen molar-refractivity contribution in [3.8, 4) is 5.75 Å². The van der Waals surface area contributed by atoms with Crippen LogP contribution in [0.5, 0.6) is 5.75 Å². The number of methoxy groups -OCH3 is 1. The van der Waals surface area contributed by atoms with E-state index in [1.165, 1.54) is 6.20 Å². The molecule has 1 aromatic heterocycles. The van der Waals surface area contributed by atoms with Gasteiger partial charge in [0.25, 0.3) is 10.0 Å². The SMILES string of the molecule is COc1ccc(C(C)NS(=O)(=O)c2[nH]ncc2CO)cc1. The summed E-state index contributed by atoms with van der Waals surface area (Å²) in [5, 5.41) is 15.0. The van der Waals surface area contributed by atoms with E-state index in [-0.39, 0.29) is 10.6 Å². The van der Waals surface area contributed by atoms with Crippen LogP contribution in [0.1, 0.15) is 24.1 Å². The van der Waals surface area contributed by atoms with Gasteiger partial charge in [0.1, 0.15) is 5.75 Å². The van der Waals surface area contributed by atoms with Crippen LogP contribution in [-0.2, 0) is 16.6 Å². The molecule has 0 bridgehead atoms. The Balaban J connectivity index is 2.19. The summed E-state index contributed by atoms with van der Waals surface area (Å²) >= 11 is 0. The van der Waals surface area contributed by atoms with E-state index in [1.807, 2.05) is 0 Å². The minimum atomic E-state index is -3.78. The molecule has 0 radical (unpaired) electrons. The number of aliphatic hydroxyl groups excluding tert-OH is 1. The lowest BCUT2D eigenvalue weighted by atomic mass is 10.1. The van der Waals surface area contributed by atoms with E-state index < -0.39 is 22.7 Å². The van der Waals surface area contributed by atoms with E-state index in [0.717, 1.165) is 5.56 Å². The molecule has 114 valence electrons. The summed E-state index contributed by atoms with van der Waals surface area (Å²) < 4.78 is 32.1. The van der Waals surface area contributed by atoms with Crippen LogP contribution in [0.3, 0.4) is 0 Å². The number of hydrogen-bond donors (Lipinski definition) is 3. The molecule has 1 atom stereocenters. The molecule has 0 fully saturated rings. The highest BCUT2D eigenvalue weighted by molar-refractivity contribution is 7.89. The Kier molecular flexibility index (Phi) is 4.61. The van der Waals surface area contributed by atoms with Crippen molar-refractivity contribution in [2.75, 3.05) is 7.11 Å². The number of H-pyrrole nitrogens is 1. The number of nitrogens with zero attached hydrogens (tertiary/aromatic N) is 1. The molecule has 0 aliphatic rings. The van der Waals surface area contributed by atoms with Crippen molar-refractivity contribution in [3.63, 3.8) is 0 Å². The minimum absolute atomic E-state index is 0.120.